The van der Waals surface area contributed by atoms with Crippen LogP contribution in [0.1, 0.15) is 43.6 Å². The third-order valence-corrected chi connectivity index (χ3v) is 3.11. The van der Waals surface area contributed by atoms with Crippen LogP contribution in [0.5, 0.6) is 0 Å². The Morgan fingerprint density at radius 3 is 2.52 bits per heavy atom. The van der Waals surface area contributed by atoms with Crippen LogP contribution < -0.4 is 5.32 Å². The van der Waals surface area contributed by atoms with Gasteiger partial charge in [-0.25, -0.2) is 4.98 Å². The lowest BCUT2D eigenvalue weighted by Crippen LogP contribution is -2.33. The fraction of sp³-hybridized carbons (Fsp3) is 0.625. The molecule has 0 saturated carbocycles. The lowest BCUT2D eigenvalue weighted by atomic mass is 10.2. The summed E-state index contributed by atoms with van der Waals surface area (Å²) in [4.78, 5) is 18.5. The fourth-order valence-electron chi connectivity index (χ4n) is 2.09. The van der Waals surface area contributed by atoms with E-state index in [4.69, 9.17) is 4.74 Å². The second-order valence-electron chi connectivity index (χ2n) is 5.00. The predicted octanol–water partition coefficient (Wildman–Crippen LogP) is 2.79. The molecule has 0 bridgehead atoms. The highest BCUT2D eigenvalue weighted by Gasteiger charge is 2.15. The number of carbonyl (C=O) groups excluding carboxylic acids is 1. The molecular formula is C16H27N3O2. The summed E-state index contributed by atoms with van der Waals surface area (Å²) in [7, 11) is 1.69. The molecule has 1 amide bonds. The Kier molecular flexibility index (Phi) is 8.43. The van der Waals surface area contributed by atoms with E-state index in [2.05, 4.69) is 24.1 Å². The summed E-state index contributed by atoms with van der Waals surface area (Å²) < 4.78 is 5.00. The fourth-order valence-corrected chi connectivity index (χ4v) is 2.09. The Balaban J connectivity index is 2.57. The summed E-state index contributed by atoms with van der Waals surface area (Å²) in [6.07, 6.45) is 4.59. The summed E-state index contributed by atoms with van der Waals surface area (Å²) in [5, 5.41) is 3.26. The quantitative estimate of drug-likeness (QED) is 0.674. The molecule has 5 nitrogen and oxygen atoms in total. The van der Waals surface area contributed by atoms with Crippen molar-refractivity contribution in [3.8, 4) is 0 Å². The number of rotatable bonds is 10. The van der Waals surface area contributed by atoms with Crippen LogP contribution in [-0.2, 0) is 4.74 Å². The number of nitrogens with one attached hydrogen (secondary N) is 1. The predicted molar refractivity (Wildman–Crippen MR) is 85.7 cm³/mol. The number of amides is 1. The van der Waals surface area contributed by atoms with Gasteiger partial charge in [-0.1, -0.05) is 13.8 Å². The molecule has 0 aromatic carbocycles. The molecule has 0 aliphatic carbocycles. The van der Waals surface area contributed by atoms with Crippen molar-refractivity contribution in [1.29, 1.82) is 0 Å². The number of pyridine rings is 1. The first-order valence-corrected chi connectivity index (χ1v) is 7.71. The molecule has 0 unspecified atom stereocenters. The topological polar surface area (TPSA) is 54.5 Å². The normalized spacial score (nSPS) is 10.4. The highest BCUT2D eigenvalue weighted by atomic mass is 16.5. The highest BCUT2D eigenvalue weighted by Crippen LogP contribution is 2.09. The van der Waals surface area contributed by atoms with Gasteiger partial charge in [-0.3, -0.25) is 4.79 Å². The van der Waals surface area contributed by atoms with Gasteiger partial charge < -0.3 is 15.0 Å². The van der Waals surface area contributed by atoms with Crippen molar-refractivity contribution in [3.63, 3.8) is 0 Å². The van der Waals surface area contributed by atoms with Crippen LogP contribution in [0.15, 0.2) is 18.3 Å². The third kappa shape index (κ3) is 6.12. The average molecular weight is 293 g/mol. The van der Waals surface area contributed by atoms with Gasteiger partial charge in [0.2, 0.25) is 0 Å². The maximum atomic E-state index is 12.4. The lowest BCUT2D eigenvalue weighted by molar-refractivity contribution is 0.0749. The number of carbonyl (C=O) groups is 1. The van der Waals surface area contributed by atoms with E-state index in [9.17, 15) is 4.79 Å². The molecule has 118 valence electrons. The van der Waals surface area contributed by atoms with Gasteiger partial charge in [-0.05, 0) is 31.4 Å². The summed E-state index contributed by atoms with van der Waals surface area (Å²) in [5.41, 5.74) is 1.44. The first-order valence-electron chi connectivity index (χ1n) is 7.71. The summed E-state index contributed by atoms with van der Waals surface area (Å²) in [6, 6.07) is 3.70. The third-order valence-electron chi connectivity index (χ3n) is 3.11. The zero-order chi connectivity index (χ0) is 15.5. The summed E-state index contributed by atoms with van der Waals surface area (Å²) in [6.45, 7) is 7.30. The van der Waals surface area contributed by atoms with E-state index in [1.807, 2.05) is 11.0 Å². The maximum Gasteiger partial charge on any atom is 0.272 e. The standard InChI is InChI=1S/C16H27N3O2/c1-4-10-19(11-5-2)16(20)15-8-7-14(13-18-15)17-9-6-12-21-3/h7-8,13,17H,4-6,9-12H2,1-3H3. The van der Waals surface area contributed by atoms with Gasteiger partial charge in [-0.15, -0.1) is 0 Å². The zero-order valence-corrected chi connectivity index (χ0v) is 13.4. The minimum absolute atomic E-state index is 0.0182. The van der Waals surface area contributed by atoms with E-state index in [0.717, 1.165) is 51.2 Å². The van der Waals surface area contributed by atoms with Crippen LogP contribution >= 0.6 is 0 Å². The molecule has 1 aromatic rings. The molecule has 1 heterocycles. The Bertz CT molecular complexity index is 400. The van der Waals surface area contributed by atoms with Crippen molar-refractivity contribution in [2.45, 2.75) is 33.1 Å². The summed E-state index contributed by atoms with van der Waals surface area (Å²) in [5.74, 6) is 0.0182. The van der Waals surface area contributed by atoms with Crippen molar-refractivity contribution in [1.82, 2.24) is 9.88 Å². The number of hydrogen-bond donors (Lipinski definition) is 1. The molecule has 0 spiro atoms. The molecular weight excluding hydrogens is 266 g/mol. The molecule has 0 aliphatic heterocycles. The number of anilines is 1. The van der Waals surface area contributed by atoms with Crippen molar-refractivity contribution < 1.29 is 9.53 Å². The van der Waals surface area contributed by atoms with Crippen molar-refractivity contribution in [2.75, 3.05) is 38.7 Å². The van der Waals surface area contributed by atoms with Crippen LogP contribution in [0, 0.1) is 0 Å². The van der Waals surface area contributed by atoms with E-state index in [-0.39, 0.29) is 5.91 Å². The van der Waals surface area contributed by atoms with Gasteiger partial charge in [0.1, 0.15) is 5.69 Å². The Hall–Kier alpha value is -1.62. The monoisotopic (exact) mass is 293 g/mol. The van der Waals surface area contributed by atoms with Crippen LogP contribution in [0.2, 0.25) is 0 Å². The largest absolute Gasteiger partial charge is 0.385 e. The van der Waals surface area contributed by atoms with E-state index < -0.39 is 0 Å². The first-order chi connectivity index (χ1) is 10.2. The Morgan fingerprint density at radius 1 is 1.29 bits per heavy atom. The minimum Gasteiger partial charge on any atom is -0.385 e. The number of aromatic nitrogens is 1. The van der Waals surface area contributed by atoms with Crippen LogP contribution in [0.4, 0.5) is 5.69 Å². The molecule has 1 N–H and O–H groups in total. The van der Waals surface area contributed by atoms with Gasteiger partial charge in [0.15, 0.2) is 0 Å². The summed E-state index contributed by atoms with van der Waals surface area (Å²) >= 11 is 0. The molecule has 1 rings (SSSR count). The van der Waals surface area contributed by atoms with E-state index >= 15 is 0 Å². The Labute approximate surface area is 127 Å². The smallest absolute Gasteiger partial charge is 0.272 e. The second-order valence-corrected chi connectivity index (χ2v) is 5.00. The van der Waals surface area contributed by atoms with E-state index in [1.165, 1.54) is 0 Å². The lowest BCUT2D eigenvalue weighted by Gasteiger charge is -2.21. The highest BCUT2D eigenvalue weighted by molar-refractivity contribution is 5.92. The average Bonchev–Trinajstić information content (AvgIpc) is 2.51. The SMILES string of the molecule is CCCN(CCC)C(=O)c1ccc(NCCCOC)cn1. The Morgan fingerprint density at radius 2 is 2.00 bits per heavy atom. The molecule has 21 heavy (non-hydrogen) atoms. The van der Waals surface area contributed by atoms with E-state index in [1.54, 1.807) is 19.4 Å². The number of ether oxygens (including phenoxy) is 1. The number of hydrogen-bond acceptors (Lipinski definition) is 4. The van der Waals surface area contributed by atoms with Gasteiger partial charge in [0.05, 0.1) is 11.9 Å². The van der Waals surface area contributed by atoms with Crippen LogP contribution in [-0.4, -0.2) is 49.1 Å². The van der Waals surface area contributed by atoms with Crippen molar-refractivity contribution >= 4 is 11.6 Å². The van der Waals surface area contributed by atoms with Crippen molar-refractivity contribution in [2.24, 2.45) is 0 Å². The number of methoxy groups -OCH3 is 1. The van der Waals surface area contributed by atoms with Gasteiger partial charge in [0.25, 0.3) is 5.91 Å². The minimum atomic E-state index is 0.0182. The second kappa shape index (κ2) is 10.2. The molecule has 0 saturated heterocycles. The van der Waals surface area contributed by atoms with Crippen LogP contribution in [0.25, 0.3) is 0 Å². The maximum absolute atomic E-state index is 12.4. The molecule has 0 radical (unpaired) electrons. The van der Waals surface area contributed by atoms with Gasteiger partial charge in [0, 0.05) is 33.4 Å². The molecule has 0 aliphatic rings. The first kappa shape index (κ1) is 17.4. The zero-order valence-electron chi connectivity index (χ0n) is 13.4. The van der Waals surface area contributed by atoms with Gasteiger partial charge in [-0.2, -0.15) is 0 Å². The van der Waals surface area contributed by atoms with Crippen molar-refractivity contribution in [3.05, 3.63) is 24.0 Å². The molecule has 0 fully saturated rings. The van der Waals surface area contributed by atoms with Crippen LogP contribution in [0.3, 0.4) is 0 Å². The van der Waals surface area contributed by atoms with E-state index in [0.29, 0.717) is 5.69 Å². The molecule has 5 heteroatoms. The molecule has 0 atom stereocenters. The van der Waals surface area contributed by atoms with Gasteiger partial charge >= 0.3 is 0 Å². The molecule has 1 aromatic heterocycles. The number of nitrogens with zero attached hydrogens (tertiary/aromatic N) is 2.